The number of hydrogen-bond donors (Lipinski definition) is 1. The van der Waals surface area contributed by atoms with E-state index in [9.17, 15) is 4.79 Å². The Morgan fingerprint density at radius 1 is 0.853 bits per heavy atom. The van der Waals surface area contributed by atoms with Crippen LogP contribution in [0.15, 0.2) is 22.3 Å². The van der Waals surface area contributed by atoms with Gasteiger partial charge in [0, 0.05) is 31.6 Å². The molecule has 3 heterocycles. The number of nitrogens with zero attached hydrogens (tertiary/aromatic N) is 2. The number of piperidine rings is 3. The Balaban J connectivity index is 1.28. The van der Waals surface area contributed by atoms with Crippen LogP contribution in [0, 0.1) is 11.8 Å². The van der Waals surface area contributed by atoms with E-state index in [0.717, 1.165) is 24.9 Å². The second-order valence-corrected chi connectivity index (χ2v) is 12.7. The average Bonchev–Trinajstić information content (AvgIpc) is 2.79. The standard InChI is InChI=1S/C30H49N3O/c1-20-14-23(27-10-6-12-32(4)29(27)16-20)18-25-8-5-9-26(31-25)19-24-15-21(2)17-30-28(24)11-7-13-33(30)22(3)34/h20-21,25-26,29-31H,5-19H2,1-4H3. The number of likely N-dealkylation sites (N-methyl/N-ethyl adjacent to an activating group) is 1. The van der Waals surface area contributed by atoms with E-state index < -0.39 is 0 Å². The Kier molecular flexibility index (Phi) is 7.56. The van der Waals surface area contributed by atoms with Crippen LogP contribution in [0.5, 0.6) is 0 Å². The monoisotopic (exact) mass is 467 g/mol. The summed E-state index contributed by atoms with van der Waals surface area (Å²) in [6.45, 7) is 8.87. The van der Waals surface area contributed by atoms with E-state index >= 15 is 0 Å². The number of fused-ring (bicyclic) bond motifs is 2. The van der Waals surface area contributed by atoms with Gasteiger partial charge >= 0.3 is 0 Å². The van der Waals surface area contributed by atoms with Crippen molar-refractivity contribution in [3.63, 3.8) is 0 Å². The van der Waals surface area contributed by atoms with Crippen LogP contribution in [-0.2, 0) is 4.79 Å². The maximum Gasteiger partial charge on any atom is 0.219 e. The molecule has 0 aromatic carbocycles. The van der Waals surface area contributed by atoms with E-state index in [4.69, 9.17) is 0 Å². The van der Waals surface area contributed by atoms with Crippen LogP contribution >= 0.6 is 0 Å². The highest BCUT2D eigenvalue weighted by atomic mass is 16.2. The molecular formula is C30H49N3O. The van der Waals surface area contributed by atoms with Gasteiger partial charge in [-0.2, -0.15) is 0 Å². The van der Waals surface area contributed by atoms with Crippen molar-refractivity contribution in [2.24, 2.45) is 11.8 Å². The molecule has 5 aliphatic rings. The SMILES string of the molecule is CC(=O)N1CCCC2=C(CC3CCCC(CC4=C5CCCN(C)C5CC(C)C4)N3)CC(C)CC21. The molecule has 4 nitrogen and oxygen atoms in total. The van der Waals surface area contributed by atoms with Crippen LogP contribution in [-0.4, -0.2) is 60.0 Å². The lowest BCUT2D eigenvalue weighted by molar-refractivity contribution is -0.131. The molecule has 2 aliphatic carbocycles. The summed E-state index contributed by atoms with van der Waals surface area (Å²) in [7, 11) is 2.35. The number of rotatable bonds is 4. The van der Waals surface area contributed by atoms with Gasteiger partial charge in [0.1, 0.15) is 0 Å². The minimum atomic E-state index is 0.273. The molecule has 4 heteroatoms. The summed E-state index contributed by atoms with van der Waals surface area (Å²) in [5, 5.41) is 4.15. The van der Waals surface area contributed by atoms with E-state index in [1.165, 1.54) is 83.6 Å². The Morgan fingerprint density at radius 3 is 2.03 bits per heavy atom. The third-order valence-electron chi connectivity index (χ3n) is 9.83. The second kappa shape index (κ2) is 10.5. The molecule has 34 heavy (non-hydrogen) atoms. The lowest BCUT2D eigenvalue weighted by atomic mass is 9.74. The van der Waals surface area contributed by atoms with Crippen molar-refractivity contribution in [3.05, 3.63) is 22.3 Å². The van der Waals surface area contributed by atoms with Gasteiger partial charge in [-0.15, -0.1) is 0 Å². The van der Waals surface area contributed by atoms with Crippen molar-refractivity contribution in [3.8, 4) is 0 Å². The molecule has 3 fully saturated rings. The zero-order valence-electron chi connectivity index (χ0n) is 22.4. The summed E-state index contributed by atoms with van der Waals surface area (Å²) in [5.41, 5.74) is 6.97. The Hall–Kier alpha value is -1.13. The van der Waals surface area contributed by atoms with E-state index in [1.807, 2.05) is 11.1 Å². The van der Waals surface area contributed by atoms with Crippen LogP contribution in [0.3, 0.4) is 0 Å². The van der Waals surface area contributed by atoms with Crippen LogP contribution in [0.25, 0.3) is 0 Å². The molecule has 0 bridgehead atoms. The molecule has 0 radical (unpaired) electrons. The van der Waals surface area contributed by atoms with Gasteiger partial charge in [-0.3, -0.25) is 9.69 Å². The molecule has 6 atom stereocenters. The van der Waals surface area contributed by atoms with Gasteiger partial charge in [0.15, 0.2) is 0 Å². The maximum absolute atomic E-state index is 12.3. The molecule has 0 spiro atoms. The summed E-state index contributed by atoms with van der Waals surface area (Å²) >= 11 is 0. The largest absolute Gasteiger partial charge is 0.336 e. The number of amides is 1. The quantitative estimate of drug-likeness (QED) is 0.528. The number of carbonyl (C=O) groups is 1. The smallest absolute Gasteiger partial charge is 0.219 e. The van der Waals surface area contributed by atoms with Gasteiger partial charge in [-0.1, -0.05) is 37.0 Å². The first-order chi connectivity index (χ1) is 16.4. The molecule has 1 N–H and O–H groups in total. The highest BCUT2D eigenvalue weighted by molar-refractivity contribution is 5.74. The summed E-state index contributed by atoms with van der Waals surface area (Å²) in [6.07, 6.45) is 16.7. The van der Waals surface area contributed by atoms with Crippen LogP contribution in [0.2, 0.25) is 0 Å². The average molecular weight is 468 g/mol. The van der Waals surface area contributed by atoms with Gasteiger partial charge in [0.25, 0.3) is 0 Å². The number of likely N-dealkylation sites (tertiary alicyclic amines) is 2. The lowest BCUT2D eigenvalue weighted by Crippen LogP contribution is -2.48. The molecule has 6 unspecified atom stereocenters. The molecule has 0 aromatic heterocycles. The van der Waals surface area contributed by atoms with Crippen LogP contribution in [0.1, 0.15) is 104 Å². The van der Waals surface area contributed by atoms with E-state index in [2.05, 4.69) is 36.0 Å². The number of nitrogens with one attached hydrogen (secondary N) is 1. The molecular weight excluding hydrogens is 418 g/mol. The second-order valence-electron chi connectivity index (χ2n) is 12.7. The normalized spacial score (nSPS) is 37.5. The fourth-order valence-corrected chi connectivity index (χ4v) is 8.34. The molecule has 190 valence electrons. The van der Waals surface area contributed by atoms with Crippen molar-refractivity contribution in [1.29, 1.82) is 0 Å². The highest BCUT2D eigenvalue weighted by Crippen LogP contribution is 2.42. The fraction of sp³-hybridized carbons (Fsp3) is 0.833. The van der Waals surface area contributed by atoms with Crippen molar-refractivity contribution in [2.45, 2.75) is 128 Å². The minimum absolute atomic E-state index is 0.273. The molecule has 1 amide bonds. The van der Waals surface area contributed by atoms with Gasteiger partial charge in [-0.25, -0.2) is 0 Å². The predicted octanol–water partition coefficient (Wildman–Crippen LogP) is 5.84. The Morgan fingerprint density at radius 2 is 1.41 bits per heavy atom. The summed E-state index contributed by atoms with van der Waals surface area (Å²) in [4.78, 5) is 17.1. The van der Waals surface area contributed by atoms with Gasteiger partial charge in [0.05, 0.1) is 6.04 Å². The third kappa shape index (κ3) is 5.19. The zero-order chi connectivity index (χ0) is 23.8. The van der Waals surface area contributed by atoms with Crippen LogP contribution in [0.4, 0.5) is 0 Å². The molecule has 3 aliphatic heterocycles. The molecule has 5 rings (SSSR count). The molecule has 3 saturated heterocycles. The van der Waals surface area contributed by atoms with Crippen molar-refractivity contribution < 1.29 is 4.79 Å². The van der Waals surface area contributed by atoms with E-state index in [0.29, 0.717) is 24.0 Å². The number of carbonyl (C=O) groups excluding carboxylic acids is 1. The number of hydrogen-bond acceptors (Lipinski definition) is 3. The fourth-order valence-electron chi connectivity index (χ4n) is 8.34. The zero-order valence-corrected chi connectivity index (χ0v) is 22.4. The summed E-state index contributed by atoms with van der Waals surface area (Å²) < 4.78 is 0. The Bertz CT molecular complexity index is 829. The lowest BCUT2D eigenvalue weighted by Gasteiger charge is -2.44. The minimum Gasteiger partial charge on any atom is -0.336 e. The summed E-state index contributed by atoms with van der Waals surface area (Å²) in [5.74, 6) is 1.79. The molecule has 0 aromatic rings. The first-order valence-corrected chi connectivity index (χ1v) is 14.5. The summed E-state index contributed by atoms with van der Waals surface area (Å²) in [6, 6.07) is 2.38. The predicted molar refractivity (Wildman–Crippen MR) is 141 cm³/mol. The van der Waals surface area contributed by atoms with Gasteiger partial charge < -0.3 is 10.2 Å². The van der Waals surface area contributed by atoms with Crippen molar-refractivity contribution in [2.75, 3.05) is 20.1 Å². The van der Waals surface area contributed by atoms with E-state index in [-0.39, 0.29) is 5.91 Å². The van der Waals surface area contributed by atoms with E-state index in [1.54, 1.807) is 18.1 Å². The maximum atomic E-state index is 12.3. The third-order valence-corrected chi connectivity index (χ3v) is 9.83. The molecule has 0 saturated carbocycles. The van der Waals surface area contributed by atoms with Crippen molar-refractivity contribution >= 4 is 5.91 Å². The first-order valence-electron chi connectivity index (χ1n) is 14.5. The first kappa shape index (κ1) is 24.6. The van der Waals surface area contributed by atoms with Crippen LogP contribution < -0.4 is 5.32 Å². The topological polar surface area (TPSA) is 35.6 Å². The highest BCUT2D eigenvalue weighted by Gasteiger charge is 2.37. The Labute approximate surface area is 208 Å². The van der Waals surface area contributed by atoms with Gasteiger partial charge in [0.2, 0.25) is 5.91 Å². The van der Waals surface area contributed by atoms with Gasteiger partial charge in [-0.05, 0) is 108 Å². The van der Waals surface area contributed by atoms with Crippen molar-refractivity contribution in [1.82, 2.24) is 15.1 Å².